The van der Waals surface area contributed by atoms with E-state index in [0.29, 0.717) is 10.9 Å². The third-order valence-corrected chi connectivity index (χ3v) is 3.60. The zero-order chi connectivity index (χ0) is 14.3. The lowest BCUT2D eigenvalue weighted by Crippen LogP contribution is -2.02. The van der Waals surface area contributed by atoms with Gasteiger partial charge >= 0.3 is 5.63 Å². The van der Waals surface area contributed by atoms with Gasteiger partial charge in [-0.15, -0.1) is 0 Å². The molecule has 0 amide bonds. The zero-order valence-corrected chi connectivity index (χ0v) is 12.3. The summed E-state index contributed by atoms with van der Waals surface area (Å²) in [6.07, 6.45) is 0. The van der Waals surface area contributed by atoms with Crippen molar-refractivity contribution in [3.05, 3.63) is 62.9 Å². The maximum atomic E-state index is 12.1. The van der Waals surface area contributed by atoms with Gasteiger partial charge < -0.3 is 9.52 Å². The molecule has 0 aliphatic carbocycles. The molecule has 0 saturated carbocycles. The van der Waals surface area contributed by atoms with Crippen molar-refractivity contribution in [2.24, 2.45) is 0 Å². The average Bonchev–Trinajstić information content (AvgIpc) is 2.40. The van der Waals surface area contributed by atoms with Gasteiger partial charge in [-0.1, -0.05) is 45.8 Å². The first kappa shape index (κ1) is 12.9. The van der Waals surface area contributed by atoms with Gasteiger partial charge in [0.25, 0.3) is 0 Å². The summed E-state index contributed by atoms with van der Waals surface area (Å²) in [5.74, 6) is -0.0538. The van der Waals surface area contributed by atoms with Crippen molar-refractivity contribution in [1.29, 1.82) is 0 Å². The van der Waals surface area contributed by atoms with Crippen LogP contribution in [0.25, 0.3) is 22.1 Å². The van der Waals surface area contributed by atoms with Crippen LogP contribution in [0.2, 0.25) is 0 Å². The minimum atomic E-state index is -0.459. The van der Waals surface area contributed by atoms with E-state index in [1.54, 1.807) is 12.1 Å². The van der Waals surface area contributed by atoms with Crippen LogP contribution in [0.1, 0.15) is 5.56 Å². The first-order valence-corrected chi connectivity index (χ1v) is 6.87. The van der Waals surface area contributed by atoms with E-state index in [1.165, 1.54) is 6.07 Å². The highest BCUT2D eigenvalue weighted by Crippen LogP contribution is 2.30. The van der Waals surface area contributed by atoms with Crippen LogP contribution in [-0.2, 0) is 0 Å². The second-order valence-corrected chi connectivity index (χ2v) is 5.57. The molecule has 0 bridgehead atoms. The largest absolute Gasteiger partial charge is 0.504 e. The molecule has 1 N–H and O–H groups in total. The Morgan fingerprint density at radius 2 is 1.80 bits per heavy atom. The van der Waals surface area contributed by atoms with E-state index >= 15 is 0 Å². The number of phenolic OH excluding ortho intramolecular Hbond substituents is 1. The highest BCUT2D eigenvalue weighted by Gasteiger charge is 2.11. The predicted octanol–water partition coefficient (Wildman–Crippen LogP) is 4.24. The molecular weight excluding hydrogens is 320 g/mol. The van der Waals surface area contributed by atoms with Crippen molar-refractivity contribution in [2.45, 2.75) is 6.92 Å². The molecule has 3 rings (SSSR count). The second kappa shape index (κ2) is 4.80. The number of aryl methyl sites for hydroxylation is 1. The number of rotatable bonds is 1. The average molecular weight is 331 g/mol. The first-order valence-electron chi connectivity index (χ1n) is 6.08. The van der Waals surface area contributed by atoms with E-state index in [0.717, 1.165) is 15.6 Å². The molecule has 3 aromatic rings. The maximum Gasteiger partial charge on any atom is 0.344 e. The number of hydrogen-bond donors (Lipinski definition) is 1. The van der Waals surface area contributed by atoms with Gasteiger partial charge in [-0.05, 0) is 30.7 Å². The van der Waals surface area contributed by atoms with Crippen LogP contribution in [-0.4, -0.2) is 5.11 Å². The van der Waals surface area contributed by atoms with E-state index in [9.17, 15) is 9.90 Å². The Kier molecular flexibility index (Phi) is 3.10. The van der Waals surface area contributed by atoms with Gasteiger partial charge in [-0.2, -0.15) is 0 Å². The molecule has 0 fully saturated rings. The third kappa shape index (κ3) is 2.23. The number of fused-ring (bicyclic) bond motifs is 1. The highest BCUT2D eigenvalue weighted by molar-refractivity contribution is 9.10. The molecular formula is C16H11BrO3. The Morgan fingerprint density at radius 3 is 2.50 bits per heavy atom. The molecule has 0 atom stereocenters. The fraction of sp³-hybridized carbons (Fsp3) is 0.0625. The standard InChI is InChI=1S/C16H11BrO3/c1-9-2-4-10(5-3-9)13-7-11-6-12(17)8-14(18)15(11)20-16(13)19/h2-8,18H,1H3. The highest BCUT2D eigenvalue weighted by atomic mass is 79.9. The van der Waals surface area contributed by atoms with Gasteiger partial charge in [0.2, 0.25) is 0 Å². The summed E-state index contributed by atoms with van der Waals surface area (Å²) in [4.78, 5) is 12.1. The summed E-state index contributed by atoms with van der Waals surface area (Å²) in [5.41, 5.74) is 2.15. The van der Waals surface area contributed by atoms with Crippen LogP contribution < -0.4 is 5.63 Å². The van der Waals surface area contributed by atoms with Crippen LogP contribution >= 0.6 is 15.9 Å². The summed E-state index contributed by atoms with van der Waals surface area (Å²) in [6.45, 7) is 1.99. The lowest BCUT2D eigenvalue weighted by Gasteiger charge is -2.05. The van der Waals surface area contributed by atoms with Crippen molar-refractivity contribution in [3.63, 3.8) is 0 Å². The molecule has 100 valence electrons. The Bertz CT molecular complexity index is 848. The molecule has 0 aliphatic heterocycles. The summed E-state index contributed by atoms with van der Waals surface area (Å²) < 4.78 is 5.96. The molecule has 0 spiro atoms. The summed E-state index contributed by atoms with van der Waals surface area (Å²) in [5, 5.41) is 10.5. The van der Waals surface area contributed by atoms with E-state index < -0.39 is 5.63 Å². The smallest absolute Gasteiger partial charge is 0.344 e. The summed E-state index contributed by atoms with van der Waals surface area (Å²) >= 11 is 3.31. The van der Waals surface area contributed by atoms with Crippen LogP contribution in [0.5, 0.6) is 5.75 Å². The number of benzene rings is 2. The van der Waals surface area contributed by atoms with Crippen LogP contribution in [0.4, 0.5) is 0 Å². The molecule has 1 heterocycles. The fourth-order valence-electron chi connectivity index (χ4n) is 2.11. The minimum absolute atomic E-state index is 0.0538. The molecule has 0 aliphatic rings. The molecule has 2 aromatic carbocycles. The number of phenols is 1. The third-order valence-electron chi connectivity index (χ3n) is 3.14. The lowest BCUT2D eigenvalue weighted by atomic mass is 10.0. The van der Waals surface area contributed by atoms with E-state index in [-0.39, 0.29) is 11.3 Å². The van der Waals surface area contributed by atoms with Gasteiger partial charge in [-0.25, -0.2) is 4.79 Å². The van der Waals surface area contributed by atoms with Crippen molar-refractivity contribution < 1.29 is 9.52 Å². The normalized spacial score (nSPS) is 10.9. The topological polar surface area (TPSA) is 50.4 Å². The van der Waals surface area contributed by atoms with Gasteiger partial charge in [0.15, 0.2) is 11.3 Å². The zero-order valence-electron chi connectivity index (χ0n) is 10.7. The van der Waals surface area contributed by atoms with E-state index in [4.69, 9.17) is 4.42 Å². The van der Waals surface area contributed by atoms with Crippen LogP contribution in [0.3, 0.4) is 0 Å². The number of halogens is 1. The summed E-state index contributed by atoms with van der Waals surface area (Å²) in [6, 6.07) is 12.7. The van der Waals surface area contributed by atoms with Crippen molar-refractivity contribution >= 4 is 26.9 Å². The quantitative estimate of drug-likeness (QED) is 0.679. The minimum Gasteiger partial charge on any atom is -0.504 e. The first-order chi connectivity index (χ1) is 9.54. The van der Waals surface area contributed by atoms with Crippen LogP contribution in [0, 0.1) is 6.92 Å². The molecule has 20 heavy (non-hydrogen) atoms. The Hall–Kier alpha value is -2.07. The van der Waals surface area contributed by atoms with Crippen molar-refractivity contribution in [3.8, 4) is 16.9 Å². The Morgan fingerprint density at radius 1 is 1.10 bits per heavy atom. The monoisotopic (exact) mass is 330 g/mol. The Labute approximate surface area is 123 Å². The molecule has 3 nitrogen and oxygen atoms in total. The molecule has 0 saturated heterocycles. The lowest BCUT2D eigenvalue weighted by molar-refractivity contribution is 0.457. The molecule has 1 aromatic heterocycles. The predicted molar refractivity (Wildman–Crippen MR) is 82.0 cm³/mol. The summed E-state index contributed by atoms with van der Waals surface area (Å²) in [7, 11) is 0. The van der Waals surface area contributed by atoms with Gasteiger partial charge in [0.1, 0.15) is 0 Å². The van der Waals surface area contributed by atoms with Gasteiger partial charge in [0.05, 0.1) is 5.56 Å². The number of hydrogen-bond acceptors (Lipinski definition) is 3. The maximum absolute atomic E-state index is 12.1. The van der Waals surface area contributed by atoms with Gasteiger partial charge in [-0.3, -0.25) is 0 Å². The second-order valence-electron chi connectivity index (χ2n) is 4.66. The Balaban J connectivity index is 2.29. The SMILES string of the molecule is Cc1ccc(-c2cc3cc(Br)cc(O)c3oc2=O)cc1. The van der Waals surface area contributed by atoms with Crippen LogP contribution in [0.15, 0.2) is 56.1 Å². The van der Waals surface area contributed by atoms with E-state index in [2.05, 4.69) is 15.9 Å². The number of aromatic hydroxyl groups is 1. The molecule has 0 radical (unpaired) electrons. The fourth-order valence-corrected chi connectivity index (χ4v) is 2.58. The van der Waals surface area contributed by atoms with Crippen molar-refractivity contribution in [1.82, 2.24) is 0 Å². The van der Waals surface area contributed by atoms with E-state index in [1.807, 2.05) is 31.2 Å². The van der Waals surface area contributed by atoms with Crippen molar-refractivity contribution in [2.75, 3.05) is 0 Å². The van der Waals surface area contributed by atoms with Gasteiger partial charge in [0, 0.05) is 9.86 Å². The molecule has 4 heteroatoms. The molecule has 0 unspecified atom stereocenters.